The SMILES string of the molecule is N#CC1=C(N)Oc2n[nH]c(-c3ccc4ccccc4c3)c2[C@H]1c1cccc(OCc2ccccc2F)c1. The molecule has 37 heavy (non-hydrogen) atoms. The predicted octanol–water partition coefficient (Wildman–Crippen LogP) is 6.17. The number of nitrogens with two attached hydrogens (primary N) is 1. The van der Waals surface area contributed by atoms with Crippen LogP contribution in [0.1, 0.15) is 22.6 Å². The van der Waals surface area contributed by atoms with Crippen LogP contribution in [0.5, 0.6) is 11.6 Å². The molecule has 0 aliphatic carbocycles. The number of nitrogens with zero attached hydrogens (tertiary/aromatic N) is 2. The summed E-state index contributed by atoms with van der Waals surface area (Å²) in [5.74, 6) is 0.0107. The number of hydrogen-bond acceptors (Lipinski definition) is 5. The molecule has 0 bridgehead atoms. The molecule has 1 aromatic heterocycles. The van der Waals surface area contributed by atoms with Gasteiger partial charge >= 0.3 is 0 Å². The van der Waals surface area contributed by atoms with E-state index >= 15 is 0 Å². The van der Waals surface area contributed by atoms with E-state index in [2.05, 4.69) is 28.4 Å². The van der Waals surface area contributed by atoms with Gasteiger partial charge in [-0.2, -0.15) is 5.26 Å². The summed E-state index contributed by atoms with van der Waals surface area (Å²) in [6, 6.07) is 30.3. The summed E-state index contributed by atoms with van der Waals surface area (Å²) in [5, 5.41) is 19.7. The van der Waals surface area contributed by atoms with E-state index < -0.39 is 5.92 Å². The summed E-state index contributed by atoms with van der Waals surface area (Å²) < 4.78 is 25.7. The molecular formula is C30H21FN4O2. The fraction of sp³-hybridized carbons (Fsp3) is 0.0667. The van der Waals surface area contributed by atoms with Crippen molar-refractivity contribution in [1.29, 1.82) is 5.26 Å². The summed E-state index contributed by atoms with van der Waals surface area (Å²) in [4.78, 5) is 0. The molecule has 0 fully saturated rings. The molecule has 0 saturated heterocycles. The molecule has 0 radical (unpaired) electrons. The molecule has 1 atom stereocenters. The number of aromatic amines is 1. The minimum absolute atomic E-state index is 0.00856. The molecule has 7 heteroatoms. The van der Waals surface area contributed by atoms with Crippen LogP contribution in [0.15, 0.2) is 102 Å². The summed E-state index contributed by atoms with van der Waals surface area (Å²) in [7, 11) is 0. The third-order valence-corrected chi connectivity index (χ3v) is 6.52. The van der Waals surface area contributed by atoms with E-state index in [1.54, 1.807) is 24.3 Å². The number of aromatic nitrogens is 2. The monoisotopic (exact) mass is 488 g/mol. The lowest BCUT2D eigenvalue weighted by Gasteiger charge is -2.24. The maximum atomic E-state index is 14.1. The molecule has 3 N–H and O–H groups in total. The molecule has 5 aromatic rings. The standard InChI is InChI=1S/C30H21FN4O2/c31-25-11-4-3-8-22(25)17-36-23-10-5-9-20(15-23)26-24(16-32)29(33)37-30-27(26)28(34-35-30)21-13-12-18-6-1-2-7-19(18)14-21/h1-15,26H,17,33H2,(H,34,35)/t26-/m0/s1. The van der Waals surface area contributed by atoms with Gasteiger partial charge in [-0.3, -0.25) is 5.10 Å². The highest BCUT2D eigenvalue weighted by atomic mass is 19.1. The summed E-state index contributed by atoms with van der Waals surface area (Å²) in [5.41, 5.74) is 10.0. The van der Waals surface area contributed by atoms with Crippen molar-refractivity contribution in [3.63, 3.8) is 0 Å². The zero-order valence-corrected chi connectivity index (χ0v) is 19.6. The fourth-order valence-corrected chi connectivity index (χ4v) is 4.70. The van der Waals surface area contributed by atoms with E-state index in [0.29, 0.717) is 22.8 Å². The largest absolute Gasteiger partial charge is 0.489 e. The van der Waals surface area contributed by atoms with Gasteiger partial charge in [0, 0.05) is 11.1 Å². The van der Waals surface area contributed by atoms with Crippen molar-refractivity contribution in [3.05, 3.63) is 125 Å². The molecule has 1 aliphatic heterocycles. The van der Waals surface area contributed by atoms with Gasteiger partial charge in [-0.25, -0.2) is 4.39 Å². The van der Waals surface area contributed by atoms with Crippen molar-refractivity contribution in [2.24, 2.45) is 5.73 Å². The highest BCUT2D eigenvalue weighted by Gasteiger charge is 2.35. The molecular weight excluding hydrogens is 467 g/mol. The van der Waals surface area contributed by atoms with E-state index in [0.717, 1.165) is 27.6 Å². The molecule has 6 nitrogen and oxygen atoms in total. The van der Waals surface area contributed by atoms with Crippen molar-refractivity contribution < 1.29 is 13.9 Å². The molecule has 4 aromatic carbocycles. The Balaban J connectivity index is 1.42. The molecule has 0 amide bonds. The molecule has 2 heterocycles. The first kappa shape index (κ1) is 22.4. The third-order valence-electron chi connectivity index (χ3n) is 6.52. The topological polar surface area (TPSA) is 97.0 Å². The Morgan fingerprint density at radius 1 is 0.973 bits per heavy atom. The number of rotatable bonds is 5. The maximum Gasteiger partial charge on any atom is 0.244 e. The highest BCUT2D eigenvalue weighted by Crippen LogP contribution is 2.46. The van der Waals surface area contributed by atoms with Gasteiger partial charge in [0.2, 0.25) is 11.8 Å². The Bertz CT molecular complexity index is 1720. The number of hydrogen-bond donors (Lipinski definition) is 2. The number of nitrogens with one attached hydrogen (secondary N) is 1. The number of fused-ring (bicyclic) bond motifs is 2. The Labute approximate surface area is 212 Å². The van der Waals surface area contributed by atoms with Crippen molar-refractivity contribution in [2.45, 2.75) is 12.5 Å². The molecule has 0 saturated carbocycles. The Morgan fingerprint density at radius 3 is 2.62 bits per heavy atom. The Hall–Kier alpha value is -5.09. The van der Waals surface area contributed by atoms with Gasteiger partial charge in [0.1, 0.15) is 29.8 Å². The average molecular weight is 489 g/mol. The second-order valence-electron chi connectivity index (χ2n) is 8.76. The van der Waals surface area contributed by atoms with Gasteiger partial charge in [0.15, 0.2) is 0 Å². The van der Waals surface area contributed by atoms with Gasteiger partial charge < -0.3 is 15.2 Å². The van der Waals surface area contributed by atoms with Crippen LogP contribution < -0.4 is 15.2 Å². The first-order chi connectivity index (χ1) is 18.1. The number of nitriles is 1. The highest BCUT2D eigenvalue weighted by molar-refractivity contribution is 5.87. The quantitative estimate of drug-likeness (QED) is 0.309. The fourth-order valence-electron chi connectivity index (χ4n) is 4.70. The van der Waals surface area contributed by atoms with Crippen LogP contribution in [-0.2, 0) is 6.61 Å². The van der Waals surface area contributed by atoms with E-state index in [1.165, 1.54) is 6.07 Å². The Morgan fingerprint density at radius 2 is 1.78 bits per heavy atom. The van der Waals surface area contributed by atoms with E-state index in [1.807, 2.05) is 48.5 Å². The molecule has 180 valence electrons. The average Bonchev–Trinajstić information content (AvgIpc) is 3.35. The van der Waals surface area contributed by atoms with Crippen LogP contribution in [0, 0.1) is 17.1 Å². The van der Waals surface area contributed by atoms with Gasteiger partial charge in [-0.05, 0) is 40.6 Å². The number of allylic oxidation sites excluding steroid dienone is 1. The molecule has 6 rings (SSSR count). The second kappa shape index (κ2) is 9.17. The van der Waals surface area contributed by atoms with Crippen LogP contribution in [-0.4, -0.2) is 10.2 Å². The lowest BCUT2D eigenvalue weighted by Crippen LogP contribution is -2.21. The normalized spacial score (nSPS) is 14.6. The van der Waals surface area contributed by atoms with Crippen LogP contribution >= 0.6 is 0 Å². The third kappa shape index (κ3) is 4.05. The van der Waals surface area contributed by atoms with Gasteiger partial charge in [-0.1, -0.05) is 66.7 Å². The minimum atomic E-state index is -0.536. The summed E-state index contributed by atoms with van der Waals surface area (Å²) in [6.45, 7) is 0.0757. The van der Waals surface area contributed by atoms with Gasteiger partial charge in [-0.15, -0.1) is 5.10 Å². The molecule has 0 spiro atoms. The minimum Gasteiger partial charge on any atom is -0.489 e. The smallest absolute Gasteiger partial charge is 0.244 e. The van der Waals surface area contributed by atoms with Gasteiger partial charge in [0.05, 0.1) is 17.2 Å². The molecule has 0 unspecified atom stereocenters. The van der Waals surface area contributed by atoms with E-state index in [4.69, 9.17) is 15.2 Å². The Kier molecular flexibility index (Phi) is 5.55. The van der Waals surface area contributed by atoms with E-state index in [-0.39, 0.29) is 23.9 Å². The number of H-pyrrole nitrogens is 1. The van der Waals surface area contributed by atoms with Crippen LogP contribution in [0.25, 0.3) is 22.0 Å². The first-order valence-electron chi connectivity index (χ1n) is 11.7. The number of ether oxygens (including phenoxy) is 2. The zero-order chi connectivity index (χ0) is 25.4. The van der Waals surface area contributed by atoms with Crippen LogP contribution in [0.4, 0.5) is 4.39 Å². The van der Waals surface area contributed by atoms with Crippen LogP contribution in [0.3, 0.4) is 0 Å². The van der Waals surface area contributed by atoms with Crippen molar-refractivity contribution in [3.8, 4) is 29.0 Å². The summed E-state index contributed by atoms with van der Waals surface area (Å²) >= 11 is 0. The number of benzene rings is 4. The van der Waals surface area contributed by atoms with Crippen molar-refractivity contribution >= 4 is 10.8 Å². The first-order valence-corrected chi connectivity index (χ1v) is 11.7. The second-order valence-corrected chi connectivity index (χ2v) is 8.76. The van der Waals surface area contributed by atoms with Crippen molar-refractivity contribution in [2.75, 3.05) is 0 Å². The predicted molar refractivity (Wildman–Crippen MR) is 138 cm³/mol. The van der Waals surface area contributed by atoms with Gasteiger partial charge in [0.25, 0.3) is 0 Å². The lowest BCUT2D eigenvalue weighted by atomic mass is 9.83. The maximum absolute atomic E-state index is 14.1. The van der Waals surface area contributed by atoms with Crippen molar-refractivity contribution in [1.82, 2.24) is 10.2 Å². The lowest BCUT2D eigenvalue weighted by molar-refractivity contribution is 0.299. The summed E-state index contributed by atoms with van der Waals surface area (Å²) in [6.07, 6.45) is 0. The van der Waals surface area contributed by atoms with Crippen LogP contribution in [0.2, 0.25) is 0 Å². The molecule has 1 aliphatic rings. The number of halogens is 1. The van der Waals surface area contributed by atoms with E-state index in [9.17, 15) is 9.65 Å². The zero-order valence-electron chi connectivity index (χ0n) is 19.6.